The lowest BCUT2D eigenvalue weighted by Gasteiger charge is -2.12. The number of para-hydroxylation sites is 4. The van der Waals surface area contributed by atoms with Gasteiger partial charge < -0.3 is 4.98 Å². The second-order valence-electron chi connectivity index (χ2n) is 6.84. The Morgan fingerprint density at radius 2 is 1.19 bits per heavy atom. The molecule has 0 aliphatic carbocycles. The van der Waals surface area contributed by atoms with E-state index in [1.165, 1.54) is 0 Å². The zero-order valence-corrected chi connectivity index (χ0v) is 22.2. The highest BCUT2D eigenvalue weighted by Gasteiger charge is 2.33. The molecule has 4 rings (SSSR count). The van der Waals surface area contributed by atoms with E-state index in [1.54, 1.807) is 48.5 Å². The third kappa shape index (κ3) is 8.79. The van der Waals surface area contributed by atoms with Gasteiger partial charge in [0, 0.05) is 0 Å². The van der Waals surface area contributed by atoms with Gasteiger partial charge in [-0.25, -0.2) is 15.0 Å². The van der Waals surface area contributed by atoms with Gasteiger partial charge in [-0.2, -0.15) is 17.6 Å². The fourth-order valence-corrected chi connectivity index (χ4v) is 2.90. The highest BCUT2D eigenvalue weighted by atomic mass is 36.0. The van der Waals surface area contributed by atoms with Crippen molar-refractivity contribution in [1.29, 1.82) is 0 Å². The molecular formula is C22H15Cl4F4N4O2P. The lowest BCUT2D eigenvalue weighted by molar-refractivity contribution is 0.0461. The number of allylic oxidation sites excluding steroid dienone is 2. The standard InChI is InChI=1S/C11H7ClF2N2.C11H8F2N2O.Cl3OP/c1-2-11(13,14)9-10(12)16-8-6-4-3-5-7(8)15-9;1-2-11(12,13)9-10(16)15-8-6-4-3-5-7(8)14-9;1-5(2,3)4/h2-6H,1H2;2-6H,1H2,(H,15,16);. The molecule has 2 heterocycles. The third-order valence-electron chi connectivity index (χ3n) is 4.27. The van der Waals surface area contributed by atoms with Crippen molar-refractivity contribution in [2.45, 2.75) is 11.8 Å². The van der Waals surface area contributed by atoms with Crippen LogP contribution in [0.2, 0.25) is 5.15 Å². The number of hydrogen-bond donors (Lipinski definition) is 1. The molecule has 0 aliphatic rings. The van der Waals surface area contributed by atoms with Gasteiger partial charge in [-0.1, -0.05) is 49.0 Å². The van der Waals surface area contributed by atoms with Gasteiger partial charge >= 0.3 is 17.0 Å². The second kappa shape index (κ2) is 12.4. The predicted octanol–water partition coefficient (Wildman–Crippen LogP) is 8.57. The van der Waals surface area contributed by atoms with Crippen LogP contribution in [0.3, 0.4) is 0 Å². The number of fused-ring (bicyclic) bond motifs is 2. The summed E-state index contributed by atoms with van der Waals surface area (Å²) < 4.78 is 62.8. The summed E-state index contributed by atoms with van der Waals surface area (Å²) in [7, 11) is 0. The minimum Gasteiger partial charge on any atom is -0.319 e. The normalized spacial score (nSPS) is 11.7. The average Bonchev–Trinajstić information content (AvgIpc) is 2.82. The third-order valence-corrected chi connectivity index (χ3v) is 4.54. The van der Waals surface area contributed by atoms with Gasteiger partial charge in [0.05, 0.1) is 22.1 Å². The second-order valence-corrected chi connectivity index (χ2v) is 13.8. The Kier molecular flexibility index (Phi) is 10.3. The first-order chi connectivity index (χ1) is 17.1. The van der Waals surface area contributed by atoms with Crippen LogP contribution in [0.4, 0.5) is 17.6 Å². The molecule has 0 fully saturated rings. The maximum absolute atomic E-state index is 13.4. The fraction of sp³-hybridized carbons (Fsp3) is 0.0909. The van der Waals surface area contributed by atoms with Gasteiger partial charge in [-0.15, -0.1) is 0 Å². The molecule has 4 aromatic rings. The Morgan fingerprint density at radius 1 is 0.784 bits per heavy atom. The summed E-state index contributed by atoms with van der Waals surface area (Å²) in [6.07, 6.45) is 0.900. The first-order valence-corrected chi connectivity index (χ1v) is 14.5. The van der Waals surface area contributed by atoms with E-state index >= 15 is 0 Å². The molecule has 0 unspecified atom stereocenters. The summed E-state index contributed by atoms with van der Waals surface area (Å²) in [6.45, 7) is 6.04. The zero-order chi connectivity index (χ0) is 28.0. The summed E-state index contributed by atoms with van der Waals surface area (Å²) in [5.41, 5.74) is -0.693. The molecule has 0 spiro atoms. The Balaban J connectivity index is 0.000000221. The molecule has 0 saturated carbocycles. The average molecular weight is 616 g/mol. The van der Waals surface area contributed by atoms with Gasteiger partial charge in [0.2, 0.25) is 0 Å². The monoisotopic (exact) mass is 614 g/mol. The molecule has 2 aromatic heterocycles. The van der Waals surface area contributed by atoms with E-state index in [2.05, 4.69) is 66.8 Å². The van der Waals surface area contributed by atoms with E-state index in [-0.39, 0.29) is 5.15 Å². The van der Waals surface area contributed by atoms with E-state index in [9.17, 15) is 26.9 Å². The number of alkyl halides is 4. The Hall–Kier alpha value is -2.49. The van der Waals surface area contributed by atoms with Crippen molar-refractivity contribution in [3.63, 3.8) is 0 Å². The molecule has 0 amide bonds. The summed E-state index contributed by atoms with van der Waals surface area (Å²) in [5.74, 6) is -6.69. The number of hydrogen-bond acceptors (Lipinski definition) is 5. The van der Waals surface area contributed by atoms with Crippen molar-refractivity contribution >= 4 is 72.6 Å². The molecule has 2 aromatic carbocycles. The number of nitrogens with one attached hydrogen (secondary N) is 1. The molecule has 1 N–H and O–H groups in total. The van der Waals surface area contributed by atoms with E-state index in [0.29, 0.717) is 34.2 Å². The van der Waals surface area contributed by atoms with Crippen LogP contribution in [0.5, 0.6) is 0 Å². The van der Waals surface area contributed by atoms with Gasteiger partial charge in [0.1, 0.15) is 0 Å². The van der Waals surface area contributed by atoms with Crippen LogP contribution in [0.1, 0.15) is 11.4 Å². The summed E-state index contributed by atoms with van der Waals surface area (Å²) in [6, 6.07) is 13.2. The van der Waals surface area contributed by atoms with Crippen molar-refractivity contribution in [2.24, 2.45) is 0 Å². The fourth-order valence-electron chi connectivity index (χ4n) is 2.64. The predicted molar refractivity (Wildman–Crippen MR) is 140 cm³/mol. The molecule has 0 saturated heterocycles. The Bertz CT molecular complexity index is 1540. The molecule has 0 bridgehead atoms. The highest BCUT2D eigenvalue weighted by Crippen LogP contribution is 2.61. The van der Waals surface area contributed by atoms with E-state index < -0.39 is 34.0 Å². The lowest BCUT2D eigenvalue weighted by Crippen LogP contribution is -2.25. The summed E-state index contributed by atoms with van der Waals surface area (Å²) in [5, 5.41) is -3.52. The minimum atomic E-state index is -3.42. The summed E-state index contributed by atoms with van der Waals surface area (Å²) in [4.78, 5) is 25.1. The number of rotatable bonds is 4. The molecule has 6 nitrogen and oxygen atoms in total. The van der Waals surface area contributed by atoms with Crippen LogP contribution in [0.15, 0.2) is 78.6 Å². The number of nitrogens with zero attached hydrogens (tertiary/aromatic N) is 3. The topological polar surface area (TPSA) is 88.6 Å². The number of aromatic nitrogens is 4. The Labute approximate surface area is 226 Å². The van der Waals surface area contributed by atoms with Crippen molar-refractivity contribution in [1.82, 2.24) is 19.9 Å². The first kappa shape index (κ1) is 30.7. The number of aromatic amines is 1. The van der Waals surface area contributed by atoms with Crippen molar-refractivity contribution < 1.29 is 22.1 Å². The summed E-state index contributed by atoms with van der Waals surface area (Å²) >= 11 is 19.5. The number of benzene rings is 2. The van der Waals surface area contributed by atoms with Gasteiger partial charge in [-0.3, -0.25) is 9.36 Å². The van der Waals surface area contributed by atoms with Crippen LogP contribution in [-0.4, -0.2) is 19.9 Å². The Morgan fingerprint density at radius 3 is 1.70 bits per heavy atom. The van der Waals surface area contributed by atoms with E-state index in [0.717, 1.165) is 0 Å². The van der Waals surface area contributed by atoms with Crippen molar-refractivity contribution in [3.05, 3.63) is 101 Å². The van der Waals surface area contributed by atoms with E-state index in [4.69, 9.17) is 11.6 Å². The van der Waals surface area contributed by atoms with Crippen LogP contribution < -0.4 is 5.56 Å². The highest BCUT2D eigenvalue weighted by molar-refractivity contribution is 8.24. The van der Waals surface area contributed by atoms with Gasteiger partial charge in [0.25, 0.3) is 5.56 Å². The van der Waals surface area contributed by atoms with Crippen molar-refractivity contribution in [3.8, 4) is 0 Å². The maximum Gasteiger partial charge on any atom is 0.339 e. The molecular weight excluding hydrogens is 601 g/mol. The first-order valence-electron chi connectivity index (χ1n) is 9.73. The van der Waals surface area contributed by atoms with Crippen molar-refractivity contribution in [2.75, 3.05) is 0 Å². The molecule has 196 valence electrons. The van der Waals surface area contributed by atoms with E-state index in [1.807, 2.05) is 0 Å². The smallest absolute Gasteiger partial charge is 0.319 e. The molecule has 15 heteroatoms. The molecule has 0 radical (unpaired) electrons. The number of H-pyrrole nitrogens is 1. The zero-order valence-electron chi connectivity index (χ0n) is 18.3. The van der Waals surface area contributed by atoms with Gasteiger partial charge in [-0.05, 0) is 70.1 Å². The number of halogens is 8. The molecule has 37 heavy (non-hydrogen) atoms. The lowest BCUT2D eigenvalue weighted by atomic mass is 10.2. The van der Waals surface area contributed by atoms with Crippen LogP contribution in [0, 0.1) is 0 Å². The quantitative estimate of drug-likeness (QED) is 0.141. The largest absolute Gasteiger partial charge is 0.339 e. The van der Waals surface area contributed by atoms with Crippen LogP contribution >= 0.6 is 50.5 Å². The maximum atomic E-state index is 13.4. The van der Waals surface area contributed by atoms with Gasteiger partial charge in [0.15, 0.2) is 16.5 Å². The minimum absolute atomic E-state index is 0.302. The SMILES string of the molecule is C=CC(F)(F)c1nc2ccccc2[nH]c1=O.C=CC(F)(F)c1nc2ccccc2nc1Cl.O=P(Cl)(Cl)Cl. The molecule has 0 atom stereocenters. The van der Waals surface area contributed by atoms with Crippen LogP contribution in [-0.2, 0) is 16.4 Å². The van der Waals surface area contributed by atoms with Crippen LogP contribution in [0.25, 0.3) is 22.1 Å². The molecule has 0 aliphatic heterocycles.